The number of H-pyrrole nitrogens is 1. The minimum atomic E-state index is -2.76. The zero-order valence-electron chi connectivity index (χ0n) is 9.72. The van der Waals surface area contributed by atoms with Crippen LogP contribution in [0.4, 0.5) is 4.39 Å². The quantitative estimate of drug-likeness (QED) is 0.501. The summed E-state index contributed by atoms with van der Waals surface area (Å²) in [7, 11) is -2.76. The molecule has 0 saturated carbocycles. The Balaban J connectivity index is 2.12. The highest BCUT2D eigenvalue weighted by atomic mass is 32.7. The highest BCUT2D eigenvalue weighted by Gasteiger charge is 2.55. The van der Waals surface area contributed by atoms with E-state index in [4.69, 9.17) is 9.26 Å². The summed E-state index contributed by atoms with van der Waals surface area (Å²) in [5, 5.41) is 10.1. The second kappa shape index (κ2) is 4.81. The molecule has 1 aromatic heterocycles. The number of aliphatic hydroxyl groups is 1. The third-order valence-electron chi connectivity index (χ3n) is 3.32. The minimum Gasteiger partial charge on any atom is -0.384 e. The summed E-state index contributed by atoms with van der Waals surface area (Å²) < 4.78 is 36.2. The first-order valence-electron chi connectivity index (χ1n) is 5.63. The monoisotopic (exact) mass is 324 g/mol. The SMILES string of the molecule is O=c1cc2n(c(=O)[nH]1)C1OC(C(O[PH](=O)S)C1F)[C@@H]2O. The Kier molecular flexibility index (Phi) is 3.38. The van der Waals surface area contributed by atoms with Crippen LogP contribution in [0.5, 0.6) is 0 Å². The molecular weight excluding hydrogens is 314 g/mol. The molecule has 110 valence electrons. The van der Waals surface area contributed by atoms with E-state index in [2.05, 4.69) is 12.2 Å². The second-order valence-electron chi connectivity index (χ2n) is 4.46. The molecule has 1 aromatic rings. The van der Waals surface area contributed by atoms with Crippen LogP contribution in [0.3, 0.4) is 0 Å². The summed E-state index contributed by atoms with van der Waals surface area (Å²) in [6, 6.07) is 0.993. The molecule has 2 aliphatic heterocycles. The summed E-state index contributed by atoms with van der Waals surface area (Å²) in [4.78, 5) is 25.0. The fourth-order valence-electron chi connectivity index (χ4n) is 2.54. The van der Waals surface area contributed by atoms with Gasteiger partial charge in [0, 0.05) is 6.07 Å². The predicted molar refractivity (Wildman–Crippen MR) is 67.9 cm³/mol. The van der Waals surface area contributed by atoms with Gasteiger partial charge in [0.05, 0.1) is 5.69 Å². The highest BCUT2D eigenvalue weighted by Crippen LogP contribution is 2.46. The Labute approximate surface area is 116 Å². The normalized spacial score (nSPS) is 36.6. The Morgan fingerprint density at radius 1 is 1.55 bits per heavy atom. The standard InChI is InChI=1S/C9H10FN2O6PS/c10-4-6(18-19(16)20)7-5(14)2-1-3(13)11-9(15)12(2)8(4)17-7/h1,4-8,14,19H,(H,16,20)(H,11,13,15)/t4?,5-,6?,7?,8?/m1/s1. The number of fused-ring (bicyclic) bond motifs is 4. The molecule has 2 bridgehead atoms. The Bertz CT molecular complexity index is 692. The number of alkyl halides is 1. The molecule has 3 heterocycles. The van der Waals surface area contributed by atoms with Gasteiger partial charge >= 0.3 is 5.69 Å². The van der Waals surface area contributed by atoms with Crippen molar-refractivity contribution < 1.29 is 23.3 Å². The highest BCUT2D eigenvalue weighted by molar-refractivity contribution is 8.39. The van der Waals surface area contributed by atoms with E-state index >= 15 is 0 Å². The van der Waals surface area contributed by atoms with Crippen molar-refractivity contribution in [3.8, 4) is 0 Å². The van der Waals surface area contributed by atoms with Gasteiger partial charge in [-0.05, 0) is 0 Å². The molecule has 0 amide bonds. The maximum Gasteiger partial charge on any atom is 0.330 e. The van der Waals surface area contributed by atoms with Crippen LogP contribution in [-0.4, -0.2) is 33.0 Å². The molecule has 0 aliphatic carbocycles. The topological polar surface area (TPSA) is 111 Å². The average molecular weight is 324 g/mol. The van der Waals surface area contributed by atoms with Crippen molar-refractivity contribution in [2.24, 2.45) is 0 Å². The molecule has 0 aromatic carbocycles. The van der Waals surface area contributed by atoms with E-state index in [0.717, 1.165) is 10.6 Å². The summed E-state index contributed by atoms with van der Waals surface area (Å²) in [6.45, 7) is 0. The molecular formula is C9H10FN2O6PS. The van der Waals surface area contributed by atoms with Gasteiger partial charge in [-0.15, -0.1) is 0 Å². The predicted octanol–water partition coefficient (Wildman–Crippen LogP) is -0.476. The lowest BCUT2D eigenvalue weighted by Gasteiger charge is -2.29. The molecule has 0 spiro atoms. The lowest BCUT2D eigenvalue weighted by atomic mass is 10.1. The molecule has 2 N–H and O–H groups in total. The van der Waals surface area contributed by atoms with Crippen LogP contribution in [-0.2, 0) is 13.8 Å². The molecule has 1 saturated heterocycles. The summed E-state index contributed by atoms with van der Waals surface area (Å²) in [5.74, 6) is 0. The van der Waals surface area contributed by atoms with Crippen LogP contribution in [0.2, 0.25) is 0 Å². The van der Waals surface area contributed by atoms with Crippen LogP contribution in [0, 0.1) is 0 Å². The van der Waals surface area contributed by atoms with Gasteiger partial charge in [0.2, 0.25) is 7.23 Å². The number of nitrogens with one attached hydrogen (secondary N) is 1. The van der Waals surface area contributed by atoms with Crippen LogP contribution in [0.1, 0.15) is 18.0 Å². The van der Waals surface area contributed by atoms with Gasteiger partial charge in [-0.3, -0.25) is 18.9 Å². The third kappa shape index (κ3) is 1.99. The van der Waals surface area contributed by atoms with Crippen molar-refractivity contribution in [2.75, 3.05) is 0 Å². The first kappa shape index (κ1) is 14.0. The number of thiol groups is 1. The average Bonchev–Trinajstić information content (AvgIpc) is 2.62. The Hall–Kier alpha value is -0.930. The number of rotatable bonds is 2. The van der Waals surface area contributed by atoms with Crippen molar-refractivity contribution in [2.45, 2.75) is 30.7 Å². The number of aliphatic hydroxyl groups excluding tert-OH is 1. The summed E-state index contributed by atoms with van der Waals surface area (Å²) in [6.07, 6.45) is -7.09. The van der Waals surface area contributed by atoms with Gasteiger partial charge in [-0.1, -0.05) is 12.2 Å². The van der Waals surface area contributed by atoms with E-state index in [-0.39, 0.29) is 5.69 Å². The lowest BCUT2D eigenvalue weighted by Crippen LogP contribution is -2.41. The Morgan fingerprint density at radius 2 is 2.25 bits per heavy atom. The molecule has 2 aliphatic rings. The summed E-state index contributed by atoms with van der Waals surface area (Å²) >= 11 is 3.57. The van der Waals surface area contributed by atoms with E-state index in [1.807, 2.05) is 4.98 Å². The van der Waals surface area contributed by atoms with E-state index in [1.165, 1.54) is 0 Å². The smallest absolute Gasteiger partial charge is 0.330 e. The zero-order valence-corrected chi connectivity index (χ0v) is 11.6. The summed E-state index contributed by atoms with van der Waals surface area (Å²) in [5.41, 5.74) is -1.67. The molecule has 5 unspecified atom stereocenters. The van der Waals surface area contributed by atoms with Gasteiger partial charge in [-0.25, -0.2) is 9.18 Å². The fourth-order valence-corrected chi connectivity index (χ4v) is 3.41. The zero-order chi connectivity index (χ0) is 14.6. The van der Waals surface area contributed by atoms with Crippen molar-refractivity contribution in [3.05, 3.63) is 32.6 Å². The first-order valence-corrected chi connectivity index (χ1v) is 8.23. The number of aromatic nitrogens is 2. The second-order valence-corrected chi connectivity index (χ2v) is 6.33. The van der Waals surface area contributed by atoms with Crippen molar-refractivity contribution in [3.63, 3.8) is 0 Å². The lowest BCUT2D eigenvalue weighted by molar-refractivity contribution is -0.111. The van der Waals surface area contributed by atoms with Gasteiger partial charge in [0.25, 0.3) is 5.56 Å². The minimum absolute atomic E-state index is 0.0624. The fraction of sp³-hybridized carbons (Fsp3) is 0.556. The molecule has 3 rings (SSSR count). The van der Waals surface area contributed by atoms with Gasteiger partial charge in [0.1, 0.15) is 18.3 Å². The van der Waals surface area contributed by atoms with Crippen molar-refractivity contribution in [1.29, 1.82) is 0 Å². The number of aromatic amines is 1. The molecule has 0 radical (unpaired) electrons. The van der Waals surface area contributed by atoms with Crippen LogP contribution in [0.25, 0.3) is 0 Å². The number of ether oxygens (including phenoxy) is 1. The largest absolute Gasteiger partial charge is 0.384 e. The van der Waals surface area contributed by atoms with E-state index < -0.39 is 49.2 Å². The van der Waals surface area contributed by atoms with E-state index in [1.54, 1.807) is 0 Å². The third-order valence-corrected chi connectivity index (χ3v) is 4.11. The first-order chi connectivity index (χ1) is 9.40. The molecule has 1 fully saturated rings. The molecule has 11 heteroatoms. The van der Waals surface area contributed by atoms with Crippen molar-refractivity contribution >= 4 is 19.5 Å². The van der Waals surface area contributed by atoms with Crippen LogP contribution in [0.15, 0.2) is 15.7 Å². The number of hydrogen-bond donors (Lipinski definition) is 3. The van der Waals surface area contributed by atoms with Gasteiger partial charge < -0.3 is 14.4 Å². The number of halogens is 1. The van der Waals surface area contributed by atoms with E-state index in [9.17, 15) is 23.7 Å². The van der Waals surface area contributed by atoms with Gasteiger partial charge in [0.15, 0.2) is 12.4 Å². The number of hydrogen-bond acceptors (Lipinski definition) is 6. The van der Waals surface area contributed by atoms with Crippen LogP contribution < -0.4 is 11.2 Å². The Morgan fingerprint density at radius 3 is 2.90 bits per heavy atom. The van der Waals surface area contributed by atoms with Crippen LogP contribution >= 0.6 is 19.5 Å². The molecule has 8 nitrogen and oxygen atoms in total. The maximum absolute atomic E-state index is 14.3. The van der Waals surface area contributed by atoms with Crippen molar-refractivity contribution in [1.82, 2.24) is 9.55 Å². The number of nitrogens with zero attached hydrogens (tertiary/aromatic N) is 1. The maximum atomic E-state index is 14.3. The van der Waals surface area contributed by atoms with E-state index in [0.29, 0.717) is 0 Å². The molecule has 20 heavy (non-hydrogen) atoms. The van der Waals surface area contributed by atoms with Gasteiger partial charge in [-0.2, -0.15) is 0 Å². The molecule has 6 atom stereocenters.